The Labute approximate surface area is 122 Å². The van der Waals surface area contributed by atoms with Gasteiger partial charge in [0.1, 0.15) is 0 Å². The summed E-state index contributed by atoms with van der Waals surface area (Å²) in [6, 6.07) is 17.6. The molecule has 1 aliphatic carbocycles. The summed E-state index contributed by atoms with van der Waals surface area (Å²) in [7, 11) is 0. The highest BCUT2D eigenvalue weighted by Crippen LogP contribution is 2.34. The molecule has 0 bridgehead atoms. The van der Waals surface area contributed by atoms with Gasteiger partial charge in [-0.15, -0.1) is 0 Å². The molecule has 104 valence electrons. The van der Waals surface area contributed by atoms with Crippen molar-refractivity contribution in [1.82, 2.24) is 0 Å². The standard InChI is InChI=1S/C19H23N/c1-19(2,3)16-8-10-17(11-9-16)20-13-15-12-14-6-4-5-7-18(14)15/h4-11,15,20H,12-13H2,1-3H3. The minimum absolute atomic E-state index is 0.228. The van der Waals surface area contributed by atoms with Crippen LogP contribution in [0.1, 0.15) is 43.4 Å². The highest BCUT2D eigenvalue weighted by Gasteiger charge is 2.24. The predicted molar refractivity (Wildman–Crippen MR) is 86.5 cm³/mol. The summed E-state index contributed by atoms with van der Waals surface area (Å²) >= 11 is 0. The predicted octanol–water partition coefficient (Wildman–Crippen LogP) is 4.74. The van der Waals surface area contributed by atoms with Crippen LogP contribution in [0.4, 0.5) is 5.69 Å². The van der Waals surface area contributed by atoms with Gasteiger partial charge in [-0.2, -0.15) is 0 Å². The van der Waals surface area contributed by atoms with E-state index in [1.807, 2.05) is 0 Å². The van der Waals surface area contributed by atoms with Crippen LogP contribution in [0.2, 0.25) is 0 Å². The Morgan fingerprint density at radius 3 is 2.35 bits per heavy atom. The van der Waals surface area contributed by atoms with Crippen LogP contribution < -0.4 is 5.32 Å². The van der Waals surface area contributed by atoms with Crippen LogP contribution in [-0.4, -0.2) is 6.54 Å². The van der Waals surface area contributed by atoms with E-state index in [1.165, 1.54) is 28.8 Å². The fourth-order valence-electron chi connectivity index (χ4n) is 2.87. The molecular weight excluding hydrogens is 242 g/mol. The summed E-state index contributed by atoms with van der Waals surface area (Å²) in [6.45, 7) is 7.79. The molecule has 0 aromatic heterocycles. The summed E-state index contributed by atoms with van der Waals surface area (Å²) in [6.07, 6.45) is 1.21. The summed E-state index contributed by atoms with van der Waals surface area (Å²) in [5.74, 6) is 0.675. The van der Waals surface area contributed by atoms with Crippen LogP contribution in [0.5, 0.6) is 0 Å². The van der Waals surface area contributed by atoms with E-state index >= 15 is 0 Å². The Morgan fingerprint density at radius 2 is 1.70 bits per heavy atom. The summed E-state index contributed by atoms with van der Waals surface area (Å²) < 4.78 is 0. The first-order valence-corrected chi connectivity index (χ1v) is 7.46. The van der Waals surface area contributed by atoms with E-state index in [9.17, 15) is 0 Å². The number of anilines is 1. The van der Waals surface area contributed by atoms with Gasteiger partial charge in [-0.05, 0) is 40.7 Å². The molecule has 1 atom stereocenters. The molecule has 2 aromatic rings. The summed E-state index contributed by atoms with van der Waals surface area (Å²) in [5, 5.41) is 3.57. The molecule has 2 aromatic carbocycles. The number of nitrogens with one attached hydrogen (secondary N) is 1. The monoisotopic (exact) mass is 265 g/mol. The molecule has 1 heteroatoms. The smallest absolute Gasteiger partial charge is 0.0340 e. The van der Waals surface area contributed by atoms with Crippen LogP contribution in [0, 0.1) is 0 Å². The topological polar surface area (TPSA) is 12.0 Å². The second-order valence-electron chi connectivity index (χ2n) is 6.81. The van der Waals surface area contributed by atoms with Crippen molar-refractivity contribution in [2.45, 2.75) is 38.5 Å². The van der Waals surface area contributed by atoms with Crippen molar-refractivity contribution >= 4 is 5.69 Å². The van der Waals surface area contributed by atoms with Crippen molar-refractivity contribution < 1.29 is 0 Å². The van der Waals surface area contributed by atoms with Crippen molar-refractivity contribution in [3.05, 3.63) is 65.2 Å². The van der Waals surface area contributed by atoms with Gasteiger partial charge in [0.05, 0.1) is 0 Å². The Bertz CT molecular complexity index is 590. The molecule has 1 aliphatic rings. The van der Waals surface area contributed by atoms with E-state index in [2.05, 4.69) is 74.6 Å². The number of rotatable bonds is 3. The average molecular weight is 265 g/mol. The molecule has 1 unspecified atom stereocenters. The summed E-state index contributed by atoms with van der Waals surface area (Å²) in [4.78, 5) is 0. The number of fused-ring (bicyclic) bond motifs is 1. The third-order valence-corrected chi connectivity index (χ3v) is 4.26. The van der Waals surface area contributed by atoms with Gasteiger partial charge in [-0.3, -0.25) is 0 Å². The molecule has 0 amide bonds. The lowest BCUT2D eigenvalue weighted by atomic mass is 9.77. The van der Waals surface area contributed by atoms with Gasteiger partial charge in [0.25, 0.3) is 0 Å². The first-order chi connectivity index (χ1) is 9.54. The molecule has 1 N–H and O–H groups in total. The Balaban J connectivity index is 1.60. The van der Waals surface area contributed by atoms with Gasteiger partial charge < -0.3 is 5.32 Å². The van der Waals surface area contributed by atoms with Crippen LogP contribution in [0.3, 0.4) is 0 Å². The van der Waals surface area contributed by atoms with Gasteiger partial charge >= 0.3 is 0 Å². The number of benzene rings is 2. The van der Waals surface area contributed by atoms with E-state index < -0.39 is 0 Å². The lowest BCUT2D eigenvalue weighted by molar-refractivity contribution is 0.590. The first-order valence-electron chi connectivity index (χ1n) is 7.46. The van der Waals surface area contributed by atoms with Crippen molar-refractivity contribution in [3.63, 3.8) is 0 Å². The molecule has 3 rings (SSSR count). The van der Waals surface area contributed by atoms with E-state index in [4.69, 9.17) is 0 Å². The molecule has 0 spiro atoms. The third-order valence-electron chi connectivity index (χ3n) is 4.26. The zero-order chi connectivity index (χ0) is 14.2. The third kappa shape index (κ3) is 2.58. The van der Waals surface area contributed by atoms with Crippen molar-refractivity contribution in [2.24, 2.45) is 0 Å². The Kier molecular flexibility index (Phi) is 3.29. The molecule has 0 saturated heterocycles. The van der Waals surface area contributed by atoms with Crippen LogP contribution >= 0.6 is 0 Å². The maximum Gasteiger partial charge on any atom is 0.0340 e. The van der Waals surface area contributed by atoms with Gasteiger partial charge in [-0.1, -0.05) is 57.2 Å². The molecular formula is C19H23N. The summed E-state index contributed by atoms with van der Waals surface area (Å²) in [5.41, 5.74) is 5.87. The van der Waals surface area contributed by atoms with E-state index in [-0.39, 0.29) is 5.41 Å². The van der Waals surface area contributed by atoms with Gasteiger partial charge in [-0.25, -0.2) is 0 Å². The second-order valence-corrected chi connectivity index (χ2v) is 6.81. The average Bonchev–Trinajstić information content (AvgIpc) is 2.39. The maximum atomic E-state index is 3.57. The number of hydrogen-bond acceptors (Lipinski definition) is 1. The lowest BCUT2D eigenvalue weighted by Crippen LogP contribution is -2.24. The van der Waals surface area contributed by atoms with Crippen molar-refractivity contribution in [2.75, 3.05) is 11.9 Å². The first kappa shape index (κ1) is 13.2. The minimum Gasteiger partial charge on any atom is -0.384 e. The van der Waals surface area contributed by atoms with Crippen molar-refractivity contribution in [3.8, 4) is 0 Å². The Morgan fingerprint density at radius 1 is 1.00 bits per heavy atom. The maximum absolute atomic E-state index is 3.57. The fourth-order valence-corrected chi connectivity index (χ4v) is 2.87. The van der Waals surface area contributed by atoms with Gasteiger partial charge in [0.2, 0.25) is 0 Å². The molecule has 0 aliphatic heterocycles. The Hall–Kier alpha value is -1.76. The molecule has 1 nitrogen and oxygen atoms in total. The zero-order valence-electron chi connectivity index (χ0n) is 12.6. The van der Waals surface area contributed by atoms with Crippen LogP contribution in [0.25, 0.3) is 0 Å². The van der Waals surface area contributed by atoms with E-state index in [0.29, 0.717) is 5.92 Å². The highest BCUT2D eigenvalue weighted by molar-refractivity contribution is 5.48. The number of hydrogen-bond donors (Lipinski definition) is 1. The van der Waals surface area contributed by atoms with E-state index in [1.54, 1.807) is 0 Å². The van der Waals surface area contributed by atoms with Gasteiger partial charge in [0, 0.05) is 18.2 Å². The van der Waals surface area contributed by atoms with E-state index in [0.717, 1.165) is 6.54 Å². The minimum atomic E-state index is 0.228. The SMILES string of the molecule is CC(C)(C)c1ccc(NCC2Cc3ccccc32)cc1. The molecule has 0 radical (unpaired) electrons. The molecule has 20 heavy (non-hydrogen) atoms. The largest absolute Gasteiger partial charge is 0.384 e. The van der Waals surface area contributed by atoms with Crippen molar-refractivity contribution in [1.29, 1.82) is 0 Å². The molecule has 0 heterocycles. The zero-order valence-corrected chi connectivity index (χ0v) is 12.6. The van der Waals surface area contributed by atoms with Gasteiger partial charge in [0.15, 0.2) is 0 Å². The lowest BCUT2D eigenvalue weighted by Gasteiger charge is -2.30. The normalized spacial score (nSPS) is 17.2. The van der Waals surface area contributed by atoms with Crippen LogP contribution in [-0.2, 0) is 11.8 Å². The molecule has 0 saturated carbocycles. The molecule has 0 fully saturated rings. The quantitative estimate of drug-likeness (QED) is 0.845. The second kappa shape index (κ2) is 4.97. The van der Waals surface area contributed by atoms with Crippen LogP contribution in [0.15, 0.2) is 48.5 Å². The highest BCUT2D eigenvalue weighted by atomic mass is 14.9. The fraction of sp³-hybridized carbons (Fsp3) is 0.368.